The number of hydrogen-bond donors (Lipinski definition) is 0. The Balaban J connectivity index is 1.90. The normalized spacial score (nSPS) is 10.6. The third-order valence-corrected chi connectivity index (χ3v) is 5.44. The second-order valence-electron chi connectivity index (χ2n) is 6.17. The van der Waals surface area contributed by atoms with Gasteiger partial charge in [0.1, 0.15) is 0 Å². The van der Waals surface area contributed by atoms with Crippen molar-refractivity contribution in [3.63, 3.8) is 0 Å². The summed E-state index contributed by atoms with van der Waals surface area (Å²) in [6, 6.07) is 34.6. The molecule has 0 unspecified atom stereocenters. The zero-order valence-corrected chi connectivity index (χ0v) is 15.0. The molecule has 0 spiro atoms. The van der Waals surface area contributed by atoms with Crippen LogP contribution < -0.4 is 0 Å². The van der Waals surface area contributed by atoms with E-state index in [1.54, 1.807) is 0 Å². The molecule has 0 radical (unpaired) electrons. The van der Waals surface area contributed by atoms with Gasteiger partial charge in [0.05, 0.1) is 0 Å². The van der Waals surface area contributed by atoms with E-state index in [2.05, 4.69) is 104 Å². The third-order valence-electron chi connectivity index (χ3n) is 4.29. The molecule has 0 saturated heterocycles. The molecule has 1 heteroatoms. The first-order chi connectivity index (χ1) is 12.3. The summed E-state index contributed by atoms with van der Waals surface area (Å²) in [6.07, 6.45) is 0. The van der Waals surface area contributed by atoms with E-state index < -0.39 is 0 Å². The van der Waals surface area contributed by atoms with Gasteiger partial charge >= 0.3 is 0 Å². The van der Waals surface area contributed by atoms with Crippen LogP contribution in [0.5, 0.6) is 0 Å². The fraction of sp³-hybridized carbons (Fsp3) is 0.0417. The van der Waals surface area contributed by atoms with E-state index in [1.165, 1.54) is 37.6 Å². The van der Waals surface area contributed by atoms with Crippen LogP contribution in [-0.2, 0) is 0 Å². The molecule has 0 bridgehead atoms. The van der Waals surface area contributed by atoms with Gasteiger partial charge in [0.15, 0.2) is 0 Å². The van der Waals surface area contributed by atoms with Gasteiger partial charge < -0.3 is 0 Å². The van der Waals surface area contributed by atoms with Crippen LogP contribution in [0.4, 0.5) is 0 Å². The zero-order chi connectivity index (χ0) is 17.1. The summed E-state index contributed by atoms with van der Waals surface area (Å²) < 4.78 is 0. The maximum atomic E-state index is 2.30. The lowest BCUT2D eigenvalue weighted by molar-refractivity contribution is 1.47. The third kappa shape index (κ3) is 3.52. The fourth-order valence-electron chi connectivity index (χ4n) is 2.90. The quantitative estimate of drug-likeness (QED) is 0.343. The van der Waals surface area contributed by atoms with Crippen LogP contribution in [0.25, 0.3) is 32.0 Å². The highest BCUT2D eigenvalue weighted by molar-refractivity contribution is 7.18. The van der Waals surface area contributed by atoms with Crippen molar-refractivity contribution in [2.24, 2.45) is 0 Å². The Hall–Kier alpha value is -2.77. The van der Waals surface area contributed by atoms with E-state index in [-0.39, 0.29) is 0 Å². The number of rotatable bonds is 3. The molecular weight excluding hydrogens is 320 g/mol. The molecule has 0 N–H and O–H groups in total. The number of aryl methyl sites for hydroxylation is 1. The van der Waals surface area contributed by atoms with Crippen LogP contribution in [0, 0.1) is 6.92 Å². The summed E-state index contributed by atoms with van der Waals surface area (Å²) in [7, 11) is 0. The monoisotopic (exact) mass is 339 g/mol. The van der Waals surface area contributed by atoms with E-state index in [4.69, 9.17) is 0 Å². The first kappa shape index (κ1) is 15.7. The van der Waals surface area contributed by atoms with Crippen LogP contribution in [0.3, 0.4) is 0 Å². The molecule has 4 aromatic rings. The molecule has 1 heterocycles. The van der Waals surface area contributed by atoms with Crippen molar-refractivity contribution < 1.29 is 0 Å². The molecule has 120 valence electrons. The minimum Gasteiger partial charge on any atom is -0.0622 e. The van der Waals surface area contributed by atoms with Crippen LogP contribution in [-0.4, -0.2) is 0 Å². The van der Waals surface area contributed by atoms with Crippen molar-refractivity contribution in [3.8, 4) is 32.0 Å². The van der Waals surface area contributed by atoms with Gasteiger partial charge in [0, 0.05) is 23.3 Å². The maximum Gasteiger partial charge on any atom is 0.239 e. The Morgan fingerprint density at radius 2 is 0.960 bits per heavy atom. The van der Waals surface area contributed by atoms with Crippen molar-refractivity contribution in [1.82, 2.24) is 0 Å². The maximum absolute atomic E-state index is 2.30. The average Bonchev–Trinajstić information content (AvgIpc) is 2.69. The molecular formula is C24H19S+. The predicted octanol–water partition coefficient (Wildman–Crippen LogP) is 7.34. The molecule has 0 atom stereocenters. The number of benzene rings is 3. The Labute approximate surface area is 153 Å². The van der Waals surface area contributed by atoms with Gasteiger partial charge in [0.25, 0.3) is 0 Å². The Bertz CT molecular complexity index is 914. The molecule has 25 heavy (non-hydrogen) atoms. The Morgan fingerprint density at radius 1 is 0.480 bits per heavy atom. The van der Waals surface area contributed by atoms with Crippen LogP contribution in [0.1, 0.15) is 5.56 Å². The van der Waals surface area contributed by atoms with E-state index in [1.807, 2.05) is 11.3 Å². The molecule has 4 rings (SSSR count). The molecule has 1 aromatic heterocycles. The van der Waals surface area contributed by atoms with Gasteiger partial charge in [-0.15, -0.1) is 0 Å². The molecule has 0 amide bonds. The van der Waals surface area contributed by atoms with Gasteiger partial charge in [-0.05, 0) is 42.3 Å². The highest BCUT2D eigenvalue weighted by Gasteiger charge is 2.18. The van der Waals surface area contributed by atoms with Crippen LogP contribution in [0.2, 0.25) is 0 Å². The first-order valence-electron chi connectivity index (χ1n) is 8.46. The molecule has 0 aliphatic carbocycles. The van der Waals surface area contributed by atoms with E-state index in [9.17, 15) is 0 Å². The molecule has 0 fully saturated rings. The van der Waals surface area contributed by atoms with Gasteiger partial charge in [-0.2, -0.15) is 0 Å². The summed E-state index contributed by atoms with van der Waals surface area (Å²) in [5.74, 6) is 0. The van der Waals surface area contributed by atoms with Crippen molar-refractivity contribution >= 4 is 11.3 Å². The topological polar surface area (TPSA) is 0 Å². The molecule has 0 aliphatic rings. The smallest absolute Gasteiger partial charge is 0.0622 e. The highest BCUT2D eigenvalue weighted by atomic mass is 32.1. The average molecular weight is 339 g/mol. The zero-order valence-electron chi connectivity index (χ0n) is 14.1. The Kier molecular flexibility index (Phi) is 4.41. The largest absolute Gasteiger partial charge is 0.239 e. The lowest BCUT2D eigenvalue weighted by Crippen LogP contribution is -1.83. The summed E-state index contributed by atoms with van der Waals surface area (Å²) in [5.41, 5.74) is 6.33. The lowest BCUT2D eigenvalue weighted by Gasteiger charge is -2.03. The van der Waals surface area contributed by atoms with Gasteiger partial charge in [-0.1, -0.05) is 66.2 Å². The standard InChI is InChI=1S/C24H19S/c1-18-12-14-19(15-13-18)22-16-23(20-8-4-2-5-9-20)25-24(17-22)21-10-6-3-7-11-21/h2-17H,1H3/q+1. The second kappa shape index (κ2) is 7.00. The van der Waals surface area contributed by atoms with Crippen molar-refractivity contribution in [2.75, 3.05) is 0 Å². The second-order valence-corrected chi connectivity index (χ2v) is 7.26. The first-order valence-corrected chi connectivity index (χ1v) is 9.27. The van der Waals surface area contributed by atoms with Crippen LogP contribution >= 0.6 is 11.3 Å². The summed E-state index contributed by atoms with van der Waals surface area (Å²) in [5, 5.41) is 0. The van der Waals surface area contributed by atoms with Gasteiger partial charge in [0.2, 0.25) is 21.1 Å². The minimum atomic E-state index is 1.26. The summed E-state index contributed by atoms with van der Waals surface area (Å²) in [4.78, 5) is 2.58. The predicted molar refractivity (Wildman–Crippen MR) is 110 cm³/mol. The fourth-order valence-corrected chi connectivity index (χ4v) is 4.02. The van der Waals surface area contributed by atoms with E-state index >= 15 is 0 Å². The molecule has 0 saturated carbocycles. The lowest BCUT2D eigenvalue weighted by atomic mass is 10.0. The SMILES string of the molecule is Cc1ccc(-c2cc(-c3ccccc3)[s+]c(-c3ccccc3)c2)cc1. The van der Waals surface area contributed by atoms with Crippen molar-refractivity contribution in [1.29, 1.82) is 0 Å². The van der Waals surface area contributed by atoms with Crippen molar-refractivity contribution in [2.45, 2.75) is 6.92 Å². The highest BCUT2D eigenvalue weighted by Crippen LogP contribution is 2.37. The van der Waals surface area contributed by atoms with Gasteiger partial charge in [-0.25, -0.2) is 0 Å². The van der Waals surface area contributed by atoms with E-state index in [0.717, 1.165) is 0 Å². The Morgan fingerprint density at radius 3 is 1.44 bits per heavy atom. The minimum absolute atomic E-state index is 1.26. The molecule has 0 aliphatic heterocycles. The van der Waals surface area contributed by atoms with Crippen molar-refractivity contribution in [3.05, 3.63) is 103 Å². The molecule has 0 nitrogen and oxygen atoms in total. The summed E-state index contributed by atoms with van der Waals surface area (Å²) >= 11 is 1.84. The van der Waals surface area contributed by atoms with E-state index in [0.29, 0.717) is 0 Å². The molecule has 3 aromatic carbocycles. The summed E-state index contributed by atoms with van der Waals surface area (Å²) in [6.45, 7) is 2.13. The van der Waals surface area contributed by atoms with Gasteiger partial charge in [-0.3, -0.25) is 0 Å². The van der Waals surface area contributed by atoms with Crippen LogP contribution in [0.15, 0.2) is 97.1 Å². The number of hydrogen-bond acceptors (Lipinski definition) is 0.